The van der Waals surface area contributed by atoms with Crippen molar-refractivity contribution in [3.05, 3.63) is 30.5 Å². The molecule has 0 aliphatic rings. The fourth-order valence-electron chi connectivity index (χ4n) is 2.51. The molecule has 1 aromatic heterocycles. The first kappa shape index (κ1) is 19.2. The summed E-state index contributed by atoms with van der Waals surface area (Å²) in [6.45, 7) is 10.3. The van der Waals surface area contributed by atoms with Crippen LogP contribution >= 0.6 is 0 Å². The maximum absolute atomic E-state index is 12.8. The minimum atomic E-state index is -0.850. The van der Waals surface area contributed by atoms with E-state index in [0.29, 0.717) is 24.5 Å². The molecule has 25 heavy (non-hydrogen) atoms. The van der Waals surface area contributed by atoms with Gasteiger partial charge < -0.3 is 14.8 Å². The van der Waals surface area contributed by atoms with E-state index in [9.17, 15) is 4.79 Å². The molecule has 0 fully saturated rings. The van der Waals surface area contributed by atoms with Gasteiger partial charge in [-0.1, -0.05) is 13.8 Å². The summed E-state index contributed by atoms with van der Waals surface area (Å²) >= 11 is 0. The standard InChI is InChI=1S/C20H28N2O3/c1-6-13-24-20(5,7-2)19(23)22-16-10-11-17(25-14(3)4)18-15(16)9-8-12-21-18/h8-12,14H,6-7,13H2,1-5H3,(H,22,23)/t20-/m0/s1. The molecule has 5 heteroatoms. The van der Waals surface area contributed by atoms with Crippen LogP contribution in [0.2, 0.25) is 0 Å². The van der Waals surface area contributed by atoms with Gasteiger partial charge in [0.2, 0.25) is 0 Å². The van der Waals surface area contributed by atoms with Gasteiger partial charge in [-0.15, -0.1) is 0 Å². The highest BCUT2D eigenvalue weighted by Crippen LogP contribution is 2.31. The molecule has 2 rings (SSSR count). The SMILES string of the molecule is CCCO[C@@](C)(CC)C(=O)Nc1ccc(OC(C)C)c2ncccc12. The van der Waals surface area contributed by atoms with Crippen molar-refractivity contribution in [2.45, 2.75) is 59.2 Å². The molecule has 5 nitrogen and oxygen atoms in total. The van der Waals surface area contributed by atoms with Crippen LogP contribution in [-0.4, -0.2) is 29.2 Å². The molecule has 0 bridgehead atoms. The molecule has 0 aliphatic carbocycles. The minimum absolute atomic E-state index is 0.0523. The third-order valence-electron chi connectivity index (χ3n) is 4.12. The van der Waals surface area contributed by atoms with E-state index in [1.54, 1.807) is 6.20 Å². The van der Waals surface area contributed by atoms with Gasteiger partial charge in [-0.2, -0.15) is 0 Å². The Balaban J connectivity index is 2.34. The number of carbonyl (C=O) groups is 1. The fourth-order valence-corrected chi connectivity index (χ4v) is 2.51. The molecule has 0 saturated heterocycles. The van der Waals surface area contributed by atoms with Crippen LogP contribution in [0.1, 0.15) is 47.5 Å². The number of aromatic nitrogens is 1. The van der Waals surface area contributed by atoms with Crippen molar-refractivity contribution in [2.24, 2.45) is 0 Å². The molecule has 2 aromatic rings. The van der Waals surface area contributed by atoms with Crippen molar-refractivity contribution < 1.29 is 14.3 Å². The number of benzene rings is 1. The Morgan fingerprint density at radius 2 is 2.04 bits per heavy atom. The van der Waals surface area contributed by atoms with Crippen LogP contribution < -0.4 is 10.1 Å². The normalized spacial score (nSPS) is 13.7. The maximum atomic E-state index is 12.8. The average Bonchev–Trinajstić information content (AvgIpc) is 2.61. The summed E-state index contributed by atoms with van der Waals surface area (Å²) in [7, 11) is 0. The van der Waals surface area contributed by atoms with E-state index >= 15 is 0 Å². The quantitative estimate of drug-likeness (QED) is 0.763. The van der Waals surface area contributed by atoms with Crippen molar-refractivity contribution in [1.82, 2.24) is 4.98 Å². The van der Waals surface area contributed by atoms with E-state index in [1.807, 2.05) is 58.9 Å². The van der Waals surface area contributed by atoms with E-state index in [2.05, 4.69) is 10.3 Å². The van der Waals surface area contributed by atoms with Crippen molar-refractivity contribution in [3.8, 4) is 5.75 Å². The van der Waals surface area contributed by atoms with Gasteiger partial charge in [0.1, 0.15) is 16.9 Å². The summed E-state index contributed by atoms with van der Waals surface area (Å²) in [5, 5.41) is 3.86. The number of anilines is 1. The smallest absolute Gasteiger partial charge is 0.256 e. The minimum Gasteiger partial charge on any atom is -0.489 e. The van der Waals surface area contributed by atoms with Crippen LogP contribution in [0.4, 0.5) is 5.69 Å². The molecular formula is C20H28N2O3. The number of fused-ring (bicyclic) bond motifs is 1. The monoisotopic (exact) mass is 344 g/mol. The number of nitrogens with zero attached hydrogens (tertiary/aromatic N) is 1. The van der Waals surface area contributed by atoms with Crippen molar-refractivity contribution in [3.63, 3.8) is 0 Å². The molecule has 0 spiro atoms. The zero-order chi connectivity index (χ0) is 18.4. The van der Waals surface area contributed by atoms with Crippen molar-refractivity contribution in [2.75, 3.05) is 11.9 Å². The number of rotatable bonds is 8. The highest BCUT2D eigenvalue weighted by molar-refractivity contribution is 6.05. The van der Waals surface area contributed by atoms with Gasteiger partial charge in [0.05, 0.1) is 11.8 Å². The second-order valence-corrected chi connectivity index (χ2v) is 6.56. The zero-order valence-corrected chi connectivity index (χ0v) is 15.8. The number of carbonyl (C=O) groups excluding carboxylic acids is 1. The predicted octanol–water partition coefficient (Wildman–Crippen LogP) is 4.56. The number of hydrogen-bond acceptors (Lipinski definition) is 4. The second-order valence-electron chi connectivity index (χ2n) is 6.56. The third-order valence-corrected chi connectivity index (χ3v) is 4.12. The molecular weight excluding hydrogens is 316 g/mol. The number of nitrogens with one attached hydrogen (secondary N) is 1. The topological polar surface area (TPSA) is 60.5 Å². The fraction of sp³-hybridized carbons (Fsp3) is 0.500. The van der Waals surface area contributed by atoms with E-state index in [-0.39, 0.29) is 12.0 Å². The lowest BCUT2D eigenvalue weighted by atomic mass is 10.0. The third kappa shape index (κ3) is 4.48. The molecule has 1 atom stereocenters. The van der Waals surface area contributed by atoms with Gasteiger partial charge in [0.15, 0.2) is 0 Å². The van der Waals surface area contributed by atoms with Crippen LogP contribution in [0.5, 0.6) is 5.75 Å². The molecule has 136 valence electrons. The Labute approximate surface area is 149 Å². The molecule has 1 heterocycles. The molecule has 0 radical (unpaired) electrons. The Morgan fingerprint density at radius 3 is 2.68 bits per heavy atom. The van der Waals surface area contributed by atoms with Gasteiger partial charge in [0, 0.05) is 18.2 Å². The number of hydrogen-bond donors (Lipinski definition) is 1. The second kappa shape index (κ2) is 8.30. The van der Waals surface area contributed by atoms with Gasteiger partial charge in [0.25, 0.3) is 5.91 Å². The van der Waals surface area contributed by atoms with Crippen LogP contribution in [-0.2, 0) is 9.53 Å². The van der Waals surface area contributed by atoms with Gasteiger partial charge in [-0.25, -0.2) is 0 Å². The van der Waals surface area contributed by atoms with E-state index in [4.69, 9.17) is 9.47 Å². The first-order chi connectivity index (χ1) is 11.9. The molecule has 1 aromatic carbocycles. The summed E-state index contributed by atoms with van der Waals surface area (Å²) in [6.07, 6.45) is 3.25. The van der Waals surface area contributed by atoms with E-state index in [1.165, 1.54) is 0 Å². The largest absolute Gasteiger partial charge is 0.489 e. The van der Waals surface area contributed by atoms with Crippen molar-refractivity contribution in [1.29, 1.82) is 0 Å². The lowest BCUT2D eigenvalue weighted by molar-refractivity contribution is -0.139. The van der Waals surface area contributed by atoms with Gasteiger partial charge in [-0.05, 0) is 57.9 Å². The van der Waals surface area contributed by atoms with Gasteiger partial charge in [-0.3, -0.25) is 9.78 Å². The summed E-state index contributed by atoms with van der Waals surface area (Å²) in [6, 6.07) is 7.49. The highest BCUT2D eigenvalue weighted by Gasteiger charge is 2.32. The maximum Gasteiger partial charge on any atom is 0.256 e. The van der Waals surface area contributed by atoms with Gasteiger partial charge >= 0.3 is 0 Å². The summed E-state index contributed by atoms with van der Waals surface area (Å²) in [5.74, 6) is 0.565. The van der Waals surface area contributed by atoms with Crippen LogP contribution in [0.25, 0.3) is 10.9 Å². The van der Waals surface area contributed by atoms with E-state index < -0.39 is 5.60 Å². The summed E-state index contributed by atoms with van der Waals surface area (Å²) in [4.78, 5) is 17.2. The Hall–Kier alpha value is -2.14. The predicted molar refractivity (Wildman–Crippen MR) is 101 cm³/mol. The van der Waals surface area contributed by atoms with Crippen LogP contribution in [0, 0.1) is 0 Å². The molecule has 1 N–H and O–H groups in total. The number of pyridine rings is 1. The molecule has 0 saturated carbocycles. The molecule has 1 amide bonds. The lowest BCUT2D eigenvalue weighted by Gasteiger charge is -2.27. The molecule has 0 unspecified atom stereocenters. The number of ether oxygens (including phenoxy) is 2. The zero-order valence-electron chi connectivity index (χ0n) is 15.8. The van der Waals surface area contributed by atoms with Crippen molar-refractivity contribution >= 4 is 22.5 Å². The van der Waals surface area contributed by atoms with E-state index in [0.717, 1.165) is 17.3 Å². The highest BCUT2D eigenvalue weighted by atomic mass is 16.5. The Morgan fingerprint density at radius 1 is 1.28 bits per heavy atom. The Kier molecular flexibility index (Phi) is 6.37. The average molecular weight is 344 g/mol. The lowest BCUT2D eigenvalue weighted by Crippen LogP contribution is -2.42. The summed E-state index contributed by atoms with van der Waals surface area (Å²) < 4.78 is 11.6. The van der Waals surface area contributed by atoms with Crippen LogP contribution in [0.15, 0.2) is 30.5 Å². The number of amides is 1. The first-order valence-electron chi connectivity index (χ1n) is 8.91. The van der Waals surface area contributed by atoms with Crippen LogP contribution in [0.3, 0.4) is 0 Å². The first-order valence-corrected chi connectivity index (χ1v) is 8.91. The Bertz CT molecular complexity index is 730. The summed E-state index contributed by atoms with van der Waals surface area (Å²) in [5.41, 5.74) is 0.600. The molecule has 0 aliphatic heterocycles.